The fourth-order valence-electron chi connectivity index (χ4n) is 2.10. The number of carbonyl (C=O) groups excluding carboxylic acids is 2. The number of aliphatic carboxylic acids is 1. The van der Waals surface area contributed by atoms with Crippen molar-refractivity contribution >= 4 is 23.6 Å². The fraction of sp³-hybridized carbons (Fsp3) is 0.357. The lowest BCUT2D eigenvalue weighted by Crippen LogP contribution is -2.55. The van der Waals surface area contributed by atoms with Crippen molar-refractivity contribution in [2.75, 3.05) is 38.1 Å². The third kappa shape index (κ3) is 3.50. The van der Waals surface area contributed by atoms with E-state index in [1.54, 1.807) is 42.3 Å². The third-order valence-electron chi connectivity index (χ3n) is 3.32. The molecule has 7 heteroatoms. The topological polar surface area (TPSA) is 81.2 Å². The molecule has 0 spiro atoms. The molecule has 2 rings (SSSR count). The number of carboxylic acid groups (broad SMARTS) is 1. The van der Waals surface area contributed by atoms with Crippen molar-refractivity contribution in [3.63, 3.8) is 0 Å². The van der Waals surface area contributed by atoms with Gasteiger partial charge in [0, 0.05) is 25.8 Å². The summed E-state index contributed by atoms with van der Waals surface area (Å²) in [5, 5.41) is 9.00. The number of amides is 3. The zero-order valence-corrected chi connectivity index (χ0v) is 11.7. The lowest BCUT2D eigenvalue weighted by Gasteiger charge is -2.35. The van der Waals surface area contributed by atoms with Crippen molar-refractivity contribution in [3.8, 4) is 0 Å². The number of anilines is 1. The fourth-order valence-corrected chi connectivity index (χ4v) is 2.10. The molecule has 3 amide bonds. The molecule has 0 aliphatic carbocycles. The Bertz CT molecular complexity index is 546. The highest BCUT2D eigenvalue weighted by Crippen LogP contribution is 2.16. The molecule has 1 heterocycles. The summed E-state index contributed by atoms with van der Waals surface area (Å²) in [5.41, 5.74) is 0.497. The number of urea groups is 1. The van der Waals surface area contributed by atoms with E-state index < -0.39 is 18.5 Å². The molecule has 1 fully saturated rings. The lowest BCUT2D eigenvalue weighted by molar-refractivity contribution is -0.135. The second-order valence-corrected chi connectivity index (χ2v) is 4.83. The Morgan fingerprint density at radius 2 is 1.90 bits per heavy atom. The van der Waals surface area contributed by atoms with Gasteiger partial charge in [-0.1, -0.05) is 18.2 Å². The van der Waals surface area contributed by atoms with Crippen molar-refractivity contribution < 1.29 is 19.5 Å². The van der Waals surface area contributed by atoms with Gasteiger partial charge in [0.25, 0.3) is 0 Å². The van der Waals surface area contributed by atoms with Crippen molar-refractivity contribution in [1.82, 2.24) is 9.80 Å². The highest BCUT2D eigenvalue weighted by molar-refractivity contribution is 5.98. The quantitative estimate of drug-likeness (QED) is 0.878. The Balaban J connectivity index is 2.19. The van der Waals surface area contributed by atoms with E-state index in [4.69, 9.17) is 5.11 Å². The van der Waals surface area contributed by atoms with Gasteiger partial charge in [-0.3, -0.25) is 14.5 Å². The van der Waals surface area contributed by atoms with E-state index >= 15 is 0 Å². The maximum atomic E-state index is 12.5. The summed E-state index contributed by atoms with van der Waals surface area (Å²) in [4.78, 5) is 39.3. The molecule has 1 saturated heterocycles. The van der Waals surface area contributed by atoms with Crippen molar-refractivity contribution in [3.05, 3.63) is 30.3 Å². The number of hydrogen-bond donors (Lipinski definition) is 1. The first kappa shape index (κ1) is 14.8. The van der Waals surface area contributed by atoms with Crippen LogP contribution in [0.4, 0.5) is 10.5 Å². The zero-order valence-electron chi connectivity index (χ0n) is 11.7. The molecular formula is C14H17N3O4. The van der Waals surface area contributed by atoms with Gasteiger partial charge in [0.15, 0.2) is 0 Å². The first-order chi connectivity index (χ1) is 9.99. The van der Waals surface area contributed by atoms with Crippen LogP contribution in [0, 0.1) is 0 Å². The maximum absolute atomic E-state index is 12.5. The highest BCUT2D eigenvalue weighted by atomic mass is 16.4. The van der Waals surface area contributed by atoms with Crippen molar-refractivity contribution in [2.24, 2.45) is 0 Å². The van der Waals surface area contributed by atoms with E-state index in [0.29, 0.717) is 18.8 Å². The van der Waals surface area contributed by atoms with Crippen LogP contribution in [0.5, 0.6) is 0 Å². The van der Waals surface area contributed by atoms with E-state index in [1.165, 1.54) is 9.80 Å². The van der Waals surface area contributed by atoms with Gasteiger partial charge in [-0.25, -0.2) is 4.79 Å². The number of likely N-dealkylation sites (N-methyl/N-ethyl adjacent to an activating group) is 1. The summed E-state index contributed by atoms with van der Waals surface area (Å²) in [5.74, 6) is -1.26. The molecule has 1 aliphatic rings. The minimum absolute atomic E-state index is 0.0295. The summed E-state index contributed by atoms with van der Waals surface area (Å²) in [6, 6.07) is 8.10. The van der Waals surface area contributed by atoms with Crippen LogP contribution in [-0.2, 0) is 9.59 Å². The number of para-hydroxylation sites is 1. The van der Waals surface area contributed by atoms with Gasteiger partial charge in [-0.05, 0) is 12.1 Å². The molecule has 1 N–H and O–H groups in total. The molecule has 7 nitrogen and oxygen atoms in total. The van der Waals surface area contributed by atoms with Crippen LogP contribution < -0.4 is 4.90 Å². The zero-order chi connectivity index (χ0) is 15.4. The number of carboxylic acids is 1. The maximum Gasteiger partial charge on any atom is 0.325 e. The molecule has 1 aliphatic heterocycles. The minimum atomic E-state index is -1.10. The van der Waals surface area contributed by atoms with Crippen LogP contribution in [0.15, 0.2) is 30.3 Å². The first-order valence-electron chi connectivity index (χ1n) is 6.56. The van der Waals surface area contributed by atoms with Gasteiger partial charge < -0.3 is 14.9 Å². The summed E-state index contributed by atoms with van der Waals surface area (Å²) in [6.07, 6.45) is 0. The van der Waals surface area contributed by atoms with Gasteiger partial charge >= 0.3 is 12.0 Å². The van der Waals surface area contributed by atoms with E-state index in [9.17, 15) is 14.4 Å². The average molecular weight is 291 g/mol. The number of carbonyl (C=O) groups is 3. The standard InChI is InChI=1S/C14H17N3O4/c1-15-7-8-16(9-12(15)18)14(21)17(10-13(19)20)11-5-3-2-4-6-11/h2-6H,7-10H2,1H3,(H,19,20). The Morgan fingerprint density at radius 3 is 2.48 bits per heavy atom. The van der Waals surface area contributed by atoms with Crippen LogP contribution in [0.1, 0.15) is 0 Å². The predicted molar refractivity (Wildman–Crippen MR) is 76.0 cm³/mol. The van der Waals surface area contributed by atoms with E-state index in [-0.39, 0.29) is 12.5 Å². The molecule has 1 aromatic rings. The monoisotopic (exact) mass is 291 g/mol. The Kier molecular flexibility index (Phi) is 4.42. The SMILES string of the molecule is CN1CCN(C(=O)N(CC(=O)O)c2ccccc2)CC1=O. The number of nitrogens with zero attached hydrogens (tertiary/aromatic N) is 3. The van der Waals surface area contributed by atoms with Crippen LogP contribution >= 0.6 is 0 Å². The van der Waals surface area contributed by atoms with Crippen molar-refractivity contribution in [2.45, 2.75) is 0 Å². The van der Waals surface area contributed by atoms with Gasteiger partial charge in [0.2, 0.25) is 5.91 Å². The summed E-state index contributed by atoms with van der Waals surface area (Å²) < 4.78 is 0. The number of rotatable bonds is 3. The largest absolute Gasteiger partial charge is 0.480 e. The summed E-state index contributed by atoms with van der Waals surface area (Å²) in [6.45, 7) is 0.367. The van der Waals surface area contributed by atoms with Crippen molar-refractivity contribution in [1.29, 1.82) is 0 Å². The molecule has 0 saturated carbocycles. The Morgan fingerprint density at radius 1 is 1.24 bits per heavy atom. The molecule has 0 atom stereocenters. The summed E-state index contributed by atoms with van der Waals surface area (Å²) >= 11 is 0. The molecule has 0 bridgehead atoms. The number of hydrogen-bond acceptors (Lipinski definition) is 3. The Hall–Kier alpha value is -2.57. The number of piperazine rings is 1. The predicted octanol–water partition coefficient (Wildman–Crippen LogP) is 0.472. The van der Waals surface area contributed by atoms with E-state index in [0.717, 1.165) is 0 Å². The minimum Gasteiger partial charge on any atom is -0.480 e. The third-order valence-corrected chi connectivity index (χ3v) is 3.32. The van der Waals surface area contributed by atoms with Gasteiger partial charge in [0.05, 0.1) is 0 Å². The molecule has 0 aromatic heterocycles. The van der Waals surface area contributed by atoms with Gasteiger partial charge in [-0.15, -0.1) is 0 Å². The molecule has 0 radical (unpaired) electrons. The second-order valence-electron chi connectivity index (χ2n) is 4.83. The highest BCUT2D eigenvalue weighted by Gasteiger charge is 2.29. The average Bonchev–Trinajstić information content (AvgIpc) is 2.47. The molecular weight excluding hydrogens is 274 g/mol. The molecule has 112 valence electrons. The first-order valence-corrected chi connectivity index (χ1v) is 6.56. The molecule has 1 aromatic carbocycles. The van der Waals surface area contributed by atoms with Crippen LogP contribution in [-0.4, -0.2) is 66.0 Å². The van der Waals surface area contributed by atoms with E-state index in [2.05, 4.69) is 0 Å². The Labute approximate surface area is 122 Å². The second kappa shape index (κ2) is 6.25. The smallest absolute Gasteiger partial charge is 0.325 e. The van der Waals surface area contributed by atoms with E-state index in [1.807, 2.05) is 0 Å². The number of benzene rings is 1. The van der Waals surface area contributed by atoms with Crippen LogP contribution in [0.2, 0.25) is 0 Å². The summed E-state index contributed by atoms with van der Waals surface area (Å²) in [7, 11) is 1.68. The molecule has 0 unspecified atom stereocenters. The molecule has 21 heavy (non-hydrogen) atoms. The normalized spacial score (nSPS) is 15.0. The lowest BCUT2D eigenvalue weighted by atomic mass is 10.2. The van der Waals surface area contributed by atoms with Crippen LogP contribution in [0.25, 0.3) is 0 Å². The van der Waals surface area contributed by atoms with Crippen LogP contribution in [0.3, 0.4) is 0 Å². The van der Waals surface area contributed by atoms with Gasteiger partial charge in [-0.2, -0.15) is 0 Å². The van der Waals surface area contributed by atoms with Gasteiger partial charge in [0.1, 0.15) is 13.1 Å².